The molecule has 2 heteroatoms. The Morgan fingerprint density at radius 3 is 2.67 bits per heavy atom. The predicted octanol–water partition coefficient (Wildman–Crippen LogP) is 2.20. The molecular formula is C13H19NO. The second kappa shape index (κ2) is 4.77. The second-order valence-corrected chi connectivity index (χ2v) is 4.40. The minimum Gasteiger partial charge on any atom is -0.387 e. The average molecular weight is 205 g/mol. The molecule has 1 aromatic rings. The van der Waals surface area contributed by atoms with Crippen molar-refractivity contribution < 1.29 is 5.11 Å². The fraction of sp³-hybridized carbons (Fsp3) is 0.538. The molecule has 1 heterocycles. The van der Waals surface area contributed by atoms with Crippen molar-refractivity contribution in [3.8, 4) is 0 Å². The first kappa shape index (κ1) is 10.7. The molecule has 0 aliphatic carbocycles. The number of aliphatic hydroxyl groups is 1. The van der Waals surface area contributed by atoms with Gasteiger partial charge in [-0.3, -0.25) is 0 Å². The third-order valence-electron chi connectivity index (χ3n) is 3.33. The first-order valence-corrected chi connectivity index (χ1v) is 5.72. The molecule has 15 heavy (non-hydrogen) atoms. The van der Waals surface area contributed by atoms with E-state index >= 15 is 0 Å². The van der Waals surface area contributed by atoms with Gasteiger partial charge in [0.05, 0.1) is 6.10 Å². The Labute approximate surface area is 91.5 Å². The molecule has 0 amide bonds. The molecule has 1 aromatic carbocycles. The summed E-state index contributed by atoms with van der Waals surface area (Å²) in [6.45, 7) is 1.11. The van der Waals surface area contributed by atoms with E-state index in [1.165, 1.54) is 12.8 Å². The first-order valence-electron chi connectivity index (χ1n) is 5.72. The summed E-state index contributed by atoms with van der Waals surface area (Å²) >= 11 is 0. The van der Waals surface area contributed by atoms with Crippen LogP contribution in [0.2, 0.25) is 0 Å². The molecule has 2 rings (SSSR count). The summed E-state index contributed by atoms with van der Waals surface area (Å²) in [6.07, 6.45) is 3.26. The number of rotatable bonds is 2. The minimum atomic E-state index is -0.337. The van der Waals surface area contributed by atoms with Gasteiger partial charge < -0.3 is 10.0 Å². The third kappa shape index (κ3) is 2.39. The molecule has 2 atom stereocenters. The molecule has 0 aromatic heterocycles. The number of piperidine rings is 1. The summed E-state index contributed by atoms with van der Waals surface area (Å²) in [5, 5.41) is 10.3. The zero-order valence-electron chi connectivity index (χ0n) is 9.26. The molecule has 1 aliphatic heterocycles. The average Bonchev–Trinajstić information content (AvgIpc) is 2.30. The fourth-order valence-electron chi connectivity index (χ4n) is 2.37. The van der Waals surface area contributed by atoms with Crippen LogP contribution in [0, 0.1) is 0 Å². The standard InChI is InChI=1S/C13H19NO/c1-14-10-6-5-9-12(14)13(15)11-7-3-2-4-8-11/h2-4,7-8,12-13,15H,5-6,9-10H2,1H3/t12-,13+/m1/s1. The van der Waals surface area contributed by atoms with Crippen molar-refractivity contribution >= 4 is 0 Å². The van der Waals surface area contributed by atoms with Gasteiger partial charge in [0, 0.05) is 6.04 Å². The maximum Gasteiger partial charge on any atom is 0.0945 e. The van der Waals surface area contributed by atoms with Crippen LogP contribution in [0.4, 0.5) is 0 Å². The van der Waals surface area contributed by atoms with Crippen molar-refractivity contribution in [1.29, 1.82) is 0 Å². The van der Waals surface area contributed by atoms with E-state index in [9.17, 15) is 5.11 Å². The Morgan fingerprint density at radius 2 is 2.00 bits per heavy atom. The van der Waals surface area contributed by atoms with Crippen LogP contribution < -0.4 is 0 Å². The lowest BCUT2D eigenvalue weighted by Gasteiger charge is -2.35. The minimum absolute atomic E-state index is 0.293. The highest BCUT2D eigenvalue weighted by atomic mass is 16.3. The predicted molar refractivity (Wildman–Crippen MR) is 61.7 cm³/mol. The maximum atomic E-state index is 10.3. The molecule has 0 radical (unpaired) electrons. The summed E-state index contributed by atoms with van der Waals surface area (Å²) in [5.41, 5.74) is 1.04. The van der Waals surface area contributed by atoms with Crippen molar-refractivity contribution in [2.45, 2.75) is 31.4 Å². The van der Waals surface area contributed by atoms with Gasteiger partial charge in [-0.15, -0.1) is 0 Å². The van der Waals surface area contributed by atoms with E-state index in [-0.39, 0.29) is 6.10 Å². The third-order valence-corrected chi connectivity index (χ3v) is 3.33. The first-order chi connectivity index (χ1) is 7.29. The molecule has 1 aliphatic rings. The Bertz CT molecular complexity index is 299. The Hall–Kier alpha value is -0.860. The monoisotopic (exact) mass is 205 g/mol. The summed E-state index contributed by atoms with van der Waals surface area (Å²) in [5.74, 6) is 0. The highest BCUT2D eigenvalue weighted by Crippen LogP contribution is 2.27. The van der Waals surface area contributed by atoms with E-state index < -0.39 is 0 Å². The highest BCUT2D eigenvalue weighted by molar-refractivity contribution is 5.19. The Kier molecular flexibility index (Phi) is 3.39. The van der Waals surface area contributed by atoms with Crippen molar-refractivity contribution in [2.75, 3.05) is 13.6 Å². The van der Waals surface area contributed by atoms with Crippen LogP contribution in [0.15, 0.2) is 30.3 Å². The number of hydrogen-bond donors (Lipinski definition) is 1. The van der Waals surface area contributed by atoms with Gasteiger partial charge in [-0.2, -0.15) is 0 Å². The van der Waals surface area contributed by atoms with Crippen molar-refractivity contribution in [1.82, 2.24) is 4.90 Å². The van der Waals surface area contributed by atoms with Gasteiger partial charge in [-0.25, -0.2) is 0 Å². The van der Waals surface area contributed by atoms with Crippen molar-refractivity contribution in [3.63, 3.8) is 0 Å². The lowest BCUT2D eigenvalue weighted by Crippen LogP contribution is -2.40. The van der Waals surface area contributed by atoms with E-state index in [1.807, 2.05) is 30.3 Å². The molecule has 2 nitrogen and oxygen atoms in total. The molecule has 0 spiro atoms. The number of nitrogens with zero attached hydrogens (tertiary/aromatic N) is 1. The molecule has 0 unspecified atom stereocenters. The van der Waals surface area contributed by atoms with E-state index in [4.69, 9.17) is 0 Å². The molecule has 0 bridgehead atoms. The van der Waals surface area contributed by atoms with E-state index in [2.05, 4.69) is 11.9 Å². The number of aliphatic hydroxyl groups excluding tert-OH is 1. The Balaban J connectivity index is 2.09. The SMILES string of the molecule is CN1CCCC[C@@H]1[C@@H](O)c1ccccc1. The smallest absolute Gasteiger partial charge is 0.0945 e. The number of likely N-dealkylation sites (tertiary alicyclic amines) is 1. The van der Waals surface area contributed by atoms with E-state index in [0.29, 0.717) is 6.04 Å². The summed E-state index contributed by atoms with van der Waals surface area (Å²) < 4.78 is 0. The maximum absolute atomic E-state index is 10.3. The largest absolute Gasteiger partial charge is 0.387 e. The zero-order valence-corrected chi connectivity index (χ0v) is 9.26. The van der Waals surface area contributed by atoms with Crippen LogP contribution in [-0.2, 0) is 0 Å². The van der Waals surface area contributed by atoms with Crippen LogP contribution >= 0.6 is 0 Å². The van der Waals surface area contributed by atoms with Crippen molar-refractivity contribution in [2.24, 2.45) is 0 Å². The lowest BCUT2D eigenvalue weighted by atomic mass is 9.93. The highest BCUT2D eigenvalue weighted by Gasteiger charge is 2.26. The zero-order chi connectivity index (χ0) is 10.7. The van der Waals surface area contributed by atoms with Gasteiger partial charge in [0.25, 0.3) is 0 Å². The van der Waals surface area contributed by atoms with Crippen LogP contribution in [-0.4, -0.2) is 29.6 Å². The number of benzene rings is 1. The van der Waals surface area contributed by atoms with Crippen LogP contribution in [0.3, 0.4) is 0 Å². The van der Waals surface area contributed by atoms with Gasteiger partial charge >= 0.3 is 0 Å². The van der Waals surface area contributed by atoms with Crippen LogP contribution in [0.25, 0.3) is 0 Å². The second-order valence-electron chi connectivity index (χ2n) is 4.40. The van der Waals surface area contributed by atoms with Gasteiger partial charge in [0.1, 0.15) is 0 Å². The summed E-state index contributed by atoms with van der Waals surface area (Å²) in [4.78, 5) is 2.28. The van der Waals surface area contributed by atoms with Crippen LogP contribution in [0.1, 0.15) is 30.9 Å². The summed E-state index contributed by atoms with van der Waals surface area (Å²) in [6, 6.07) is 10.3. The van der Waals surface area contributed by atoms with Gasteiger partial charge in [-0.1, -0.05) is 36.8 Å². The molecule has 1 saturated heterocycles. The quantitative estimate of drug-likeness (QED) is 0.800. The molecule has 1 fully saturated rings. The molecule has 1 N–H and O–H groups in total. The lowest BCUT2D eigenvalue weighted by molar-refractivity contribution is 0.0403. The normalized spacial score (nSPS) is 25.1. The molecule has 82 valence electrons. The van der Waals surface area contributed by atoms with Gasteiger partial charge in [-0.05, 0) is 32.0 Å². The van der Waals surface area contributed by atoms with E-state index in [0.717, 1.165) is 18.5 Å². The number of hydrogen-bond acceptors (Lipinski definition) is 2. The van der Waals surface area contributed by atoms with Crippen LogP contribution in [0.5, 0.6) is 0 Å². The molecular weight excluding hydrogens is 186 g/mol. The number of likely N-dealkylation sites (N-methyl/N-ethyl adjacent to an activating group) is 1. The van der Waals surface area contributed by atoms with E-state index in [1.54, 1.807) is 0 Å². The fourth-order valence-corrected chi connectivity index (χ4v) is 2.37. The van der Waals surface area contributed by atoms with Crippen molar-refractivity contribution in [3.05, 3.63) is 35.9 Å². The van der Waals surface area contributed by atoms with Gasteiger partial charge in [0.2, 0.25) is 0 Å². The van der Waals surface area contributed by atoms with Gasteiger partial charge in [0.15, 0.2) is 0 Å². The molecule has 0 saturated carbocycles. The summed E-state index contributed by atoms with van der Waals surface area (Å²) in [7, 11) is 2.11. The Morgan fingerprint density at radius 1 is 1.27 bits per heavy atom. The topological polar surface area (TPSA) is 23.5 Å².